The van der Waals surface area contributed by atoms with Gasteiger partial charge in [0, 0.05) is 21.3 Å². The highest BCUT2D eigenvalue weighted by atomic mass is 16.7. The van der Waals surface area contributed by atoms with Gasteiger partial charge in [-0.15, -0.1) is 0 Å². The van der Waals surface area contributed by atoms with Crippen LogP contribution in [0.15, 0.2) is 0 Å². The van der Waals surface area contributed by atoms with Gasteiger partial charge in [-0.2, -0.15) is 0 Å². The molecule has 2 heterocycles. The first-order valence-electron chi connectivity index (χ1n) is 4.67. The zero-order valence-electron chi connectivity index (χ0n) is 8.64. The summed E-state index contributed by atoms with van der Waals surface area (Å²) in [6.07, 6.45) is -0.680. The van der Waals surface area contributed by atoms with Crippen molar-refractivity contribution in [2.45, 2.75) is 30.7 Å². The van der Waals surface area contributed by atoms with E-state index in [1.807, 2.05) is 0 Å². The van der Waals surface area contributed by atoms with Gasteiger partial charge in [0.15, 0.2) is 6.29 Å². The van der Waals surface area contributed by atoms with Gasteiger partial charge in [-0.3, -0.25) is 0 Å². The summed E-state index contributed by atoms with van der Waals surface area (Å²) >= 11 is 0. The second-order valence-electron chi connectivity index (χ2n) is 3.48. The fourth-order valence-electron chi connectivity index (χ4n) is 2.08. The second-order valence-corrected chi connectivity index (χ2v) is 3.48. The van der Waals surface area contributed by atoms with E-state index in [4.69, 9.17) is 23.7 Å². The topological polar surface area (TPSA) is 46.2 Å². The number of hydrogen-bond acceptors (Lipinski definition) is 5. The summed E-state index contributed by atoms with van der Waals surface area (Å²) in [7, 11) is 4.88. The number of hydrogen-bond donors (Lipinski definition) is 0. The zero-order chi connectivity index (χ0) is 10.1. The predicted octanol–water partition coefficient (Wildman–Crippen LogP) is -0.214. The minimum atomic E-state index is -0.354. The van der Waals surface area contributed by atoms with Crippen LogP contribution in [0.1, 0.15) is 0 Å². The summed E-state index contributed by atoms with van der Waals surface area (Å²) < 4.78 is 26.9. The molecule has 0 bridgehead atoms. The minimum Gasteiger partial charge on any atom is -0.376 e. The summed E-state index contributed by atoms with van der Waals surface area (Å²) in [5.74, 6) is 0. The van der Waals surface area contributed by atoms with Gasteiger partial charge >= 0.3 is 0 Å². The molecule has 5 nitrogen and oxygen atoms in total. The van der Waals surface area contributed by atoms with Gasteiger partial charge in [-0.25, -0.2) is 0 Å². The summed E-state index contributed by atoms with van der Waals surface area (Å²) in [6.45, 7) is 0.558. The molecule has 0 aromatic heterocycles. The van der Waals surface area contributed by atoms with Gasteiger partial charge in [0.05, 0.1) is 6.61 Å². The average Bonchev–Trinajstić information content (AvgIpc) is 2.73. The number of fused-ring (bicyclic) bond motifs is 1. The molecule has 2 aliphatic rings. The van der Waals surface area contributed by atoms with Crippen molar-refractivity contribution >= 4 is 0 Å². The smallest absolute Gasteiger partial charge is 0.186 e. The van der Waals surface area contributed by atoms with Crippen molar-refractivity contribution in [3.05, 3.63) is 0 Å². The summed E-state index contributed by atoms with van der Waals surface area (Å²) in [5, 5.41) is 0. The second kappa shape index (κ2) is 4.12. The monoisotopic (exact) mass is 204 g/mol. The Morgan fingerprint density at radius 2 is 1.79 bits per heavy atom. The van der Waals surface area contributed by atoms with Crippen LogP contribution in [0.3, 0.4) is 0 Å². The lowest BCUT2D eigenvalue weighted by Crippen LogP contribution is -2.35. The maximum Gasteiger partial charge on any atom is 0.186 e. The van der Waals surface area contributed by atoms with Crippen molar-refractivity contribution in [1.29, 1.82) is 0 Å². The highest BCUT2D eigenvalue weighted by Crippen LogP contribution is 2.34. The first kappa shape index (κ1) is 10.3. The van der Waals surface area contributed by atoms with E-state index in [0.29, 0.717) is 6.61 Å². The van der Waals surface area contributed by atoms with Crippen molar-refractivity contribution in [3.8, 4) is 0 Å². The average molecular weight is 204 g/mol. The Morgan fingerprint density at radius 3 is 2.36 bits per heavy atom. The third-order valence-corrected chi connectivity index (χ3v) is 2.83. The van der Waals surface area contributed by atoms with Crippen molar-refractivity contribution in [1.82, 2.24) is 0 Å². The molecule has 0 aromatic rings. The molecule has 82 valence electrons. The predicted molar refractivity (Wildman–Crippen MR) is 47.0 cm³/mol. The van der Waals surface area contributed by atoms with Gasteiger partial charge in [0.25, 0.3) is 0 Å². The van der Waals surface area contributed by atoms with Gasteiger partial charge in [-0.05, 0) is 0 Å². The quantitative estimate of drug-likeness (QED) is 0.636. The molecule has 0 saturated carbocycles. The van der Waals surface area contributed by atoms with Crippen LogP contribution in [-0.4, -0.2) is 58.6 Å². The van der Waals surface area contributed by atoms with Crippen LogP contribution in [0.25, 0.3) is 0 Å². The standard InChI is InChI=1S/C9H16O5/c1-10-5-4-13-7-6(5)14-9(12-3)8(7)11-2/h5-9H,4H2,1-3H3. The van der Waals surface area contributed by atoms with Crippen LogP contribution in [0, 0.1) is 0 Å². The molecule has 0 N–H and O–H groups in total. The van der Waals surface area contributed by atoms with E-state index in [-0.39, 0.29) is 30.7 Å². The van der Waals surface area contributed by atoms with E-state index in [1.165, 1.54) is 0 Å². The molecule has 5 heteroatoms. The van der Waals surface area contributed by atoms with Crippen molar-refractivity contribution < 1.29 is 23.7 Å². The number of rotatable bonds is 3. The Labute approximate surface area is 83.2 Å². The first-order chi connectivity index (χ1) is 6.81. The Bertz CT molecular complexity index is 198. The minimum absolute atomic E-state index is 0.0159. The molecule has 5 unspecified atom stereocenters. The molecule has 0 amide bonds. The fraction of sp³-hybridized carbons (Fsp3) is 1.00. The molecule has 0 aromatic carbocycles. The van der Waals surface area contributed by atoms with E-state index >= 15 is 0 Å². The fourth-order valence-corrected chi connectivity index (χ4v) is 2.08. The molecule has 2 saturated heterocycles. The SMILES string of the molecule is COC1COC2C1OC(OC)C2OC. The molecule has 5 atom stereocenters. The largest absolute Gasteiger partial charge is 0.376 e. The molecule has 0 radical (unpaired) electrons. The van der Waals surface area contributed by atoms with Gasteiger partial charge in [0.2, 0.25) is 0 Å². The van der Waals surface area contributed by atoms with Gasteiger partial charge in [-0.1, -0.05) is 0 Å². The summed E-state index contributed by atoms with van der Waals surface area (Å²) in [5.41, 5.74) is 0. The van der Waals surface area contributed by atoms with Crippen LogP contribution >= 0.6 is 0 Å². The first-order valence-corrected chi connectivity index (χ1v) is 4.67. The Hall–Kier alpha value is -0.200. The zero-order valence-corrected chi connectivity index (χ0v) is 8.64. The van der Waals surface area contributed by atoms with Crippen molar-refractivity contribution in [2.75, 3.05) is 27.9 Å². The van der Waals surface area contributed by atoms with Crippen LogP contribution in [0.2, 0.25) is 0 Å². The molecule has 2 rings (SSSR count). The van der Waals surface area contributed by atoms with Crippen molar-refractivity contribution in [2.24, 2.45) is 0 Å². The van der Waals surface area contributed by atoms with E-state index < -0.39 is 0 Å². The molecular weight excluding hydrogens is 188 g/mol. The summed E-state index contributed by atoms with van der Waals surface area (Å²) in [6, 6.07) is 0. The molecule has 0 spiro atoms. The molecule has 2 fully saturated rings. The highest BCUT2D eigenvalue weighted by molar-refractivity contribution is 4.97. The maximum atomic E-state index is 5.64. The molecule has 0 aliphatic carbocycles. The lowest BCUT2D eigenvalue weighted by atomic mass is 10.1. The third kappa shape index (κ3) is 1.45. The Kier molecular flexibility index (Phi) is 3.04. The van der Waals surface area contributed by atoms with Crippen LogP contribution in [-0.2, 0) is 23.7 Å². The van der Waals surface area contributed by atoms with Crippen LogP contribution < -0.4 is 0 Å². The highest BCUT2D eigenvalue weighted by Gasteiger charge is 2.53. The lowest BCUT2D eigenvalue weighted by molar-refractivity contribution is -0.176. The number of methoxy groups -OCH3 is 3. The normalized spacial score (nSPS) is 46.9. The van der Waals surface area contributed by atoms with Gasteiger partial charge in [0.1, 0.15) is 24.4 Å². The van der Waals surface area contributed by atoms with E-state index in [0.717, 1.165) is 0 Å². The number of ether oxygens (including phenoxy) is 5. The van der Waals surface area contributed by atoms with Crippen LogP contribution in [0.4, 0.5) is 0 Å². The van der Waals surface area contributed by atoms with E-state index in [9.17, 15) is 0 Å². The van der Waals surface area contributed by atoms with E-state index in [2.05, 4.69) is 0 Å². The summed E-state index contributed by atoms with van der Waals surface area (Å²) in [4.78, 5) is 0. The third-order valence-electron chi connectivity index (χ3n) is 2.83. The van der Waals surface area contributed by atoms with Gasteiger partial charge < -0.3 is 23.7 Å². The van der Waals surface area contributed by atoms with Crippen molar-refractivity contribution in [3.63, 3.8) is 0 Å². The molecular formula is C9H16O5. The Balaban J connectivity index is 2.07. The van der Waals surface area contributed by atoms with E-state index in [1.54, 1.807) is 21.3 Å². The Morgan fingerprint density at radius 1 is 1.00 bits per heavy atom. The molecule has 14 heavy (non-hydrogen) atoms. The van der Waals surface area contributed by atoms with Crippen LogP contribution in [0.5, 0.6) is 0 Å². The maximum absolute atomic E-state index is 5.64. The molecule has 2 aliphatic heterocycles. The lowest BCUT2D eigenvalue weighted by Gasteiger charge is -2.19.